The second kappa shape index (κ2) is 4.94. The summed E-state index contributed by atoms with van der Waals surface area (Å²) in [6.07, 6.45) is -4.69. The minimum absolute atomic E-state index is 0.316. The Bertz CT molecular complexity index is 449. The van der Waals surface area contributed by atoms with Gasteiger partial charge in [0.25, 0.3) is 0 Å². The zero-order valence-corrected chi connectivity index (χ0v) is 10.9. The molecule has 0 aliphatic carbocycles. The van der Waals surface area contributed by atoms with Crippen LogP contribution in [0.15, 0.2) is 35.9 Å². The fraction of sp³-hybridized carbons (Fsp3) is 0.429. The van der Waals surface area contributed by atoms with Crippen molar-refractivity contribution in [2.24, 2.45) is 5.41 Å². The third kappa shape index (κ3) is 3.55. The number of halogens is 5. The van der Waals surface area contributed by atoms with Crippen LogP contribution in [0.5, 0.6) is 0 Å². The van der Waals surface area contributed by atoms with Gasteiger partial charge < -0.3 is 0 Å². The van der Waals surface area contributed by atoms with Gasteiger partial charge in [-0.1, -0.05) is 51.1 Å². The van der Waals surface area contributed by atoms with Gasteiger partial charge in [0.1, 0.15) is 0 Å². The third-order valence-corrected chi connectivity index (χ3v) is 2.61. The van der Waals surface area contributed by atoms with Crippen molar-refractivity contribution < 1.29 is 22.0 Å². The molecule has 1 aromatic carbocycles. The van der Waals surface area contributed by atoms with E-state index in [2.05, 4.69) is 0 Å². The van der Waals surface area contributed by atoms with Crippen LogP contribution >= 0.6 is 0 Å². The summed E-state index contributed by atoms with van der Waals surface area (Å²) in [6.45, 7) is 4.00. The molecule has 106 valence electrons. The summed E-state index contributed by atoms with van der Waals surface area (Å²) in [5.41, 5.74) is -1.93. The normalized spacial score (nSPS) is 14.6. The highest BCUT2D eigenvalue weighted by Crippen LogP contribution is 2.48. The van der Waals surface area contributed by atoms with Crippen LogP contribution in [0.3, 0.4) is 0 Å². The Morgan fingerprint density at radius 2 is 1.37 bits per heavy atom. The Kier molecular flexibility index (Phi) is 4.08. The van der Waals surface area contributed by atoms with E-state index in [1.165, 1.54) is 32.9 Å². The average molecular weight is 278 g/mol. The van der Waals surface area contributed by atoms with Crippen molar-refractivity contribution in [3.63, 3.8) is 0 Å². The molecule has 0 fully saturated rings. The van der Waals surface area contributed by atoms with E-state index in [0.717, 1.165) is 6.08 Å². The summed E-state index contributed by atoms with van der Waals surface area (Å²) in [7, 11) is 0. The van der Waals surface area contributed by atoms with Crippen molar-refractivity contribution in [1.82, 2.24) is 0 Å². The number of hydrogen-bond donors (Lipinski definition) is 0. The highest BCUT2D eigenvalue weighted by atomic mass is 19.4. The van der Waals surface area contributed by atoms with E-state index in [1.807, 2.05) is 0 Å². The van der Waals surface area contributed by atoms with Gasteiger partial charge in [-0.05, 0) is 17.1 Å². The number of hydrogen-bond acceptors (Lipinski definition) is 0. The summed E-state index contributed by atoms with van der Waals surface area (Å²) in [6, 6.07) is 7.79. The van der Waals surface area contributed by atoms with Gasteiger partial charge in [0.2, 0.25) is 0 Å². The molecule has 0 atom stereocenters. The molecule has 19 heavy (non-hydrogen) atoms. The molecule has 1 aromatic rings. The number of rotatable bonds is 2. The van der Waals surface area contributed by atoms with Crippen molar-refractivity contribution in [3.05, 3.63) is 41.5 Å². The lowest BCUT2D eigenvalue weighted by atomic mass is 9.81. The van der Waals surface area contributed by atoms with Crippen LogP contribution < -0.4 is 0 Å². The van der Waals surface area contributed by atoms with Gasteiger partial charge in [-0.3, -0.25) is 0 Å². The Hall–Kier alpha value is -1.39. The van der Waals surface area contributed by atoms with Crippen molar-refractivity contribution in [2.75, 3.05) is 0 Å². The van der Waals surface area contributed by atoms with Crippen LogP contribution in [0, 0.1) is 5.41 Å². The zero-order valence-electron chi connectivity index (χ0n) is 10.9. The molecule has 0 aliphatic heterocycles. The summed E-state index contributed by atoms with van der Waals surface area (Å²) in [5, 5.41) is 0. The van der Waals surface area contributed by atoms with Crippen LogP contribution in [-0.4, -0.2) is 12.1 Å². The van der Waals surface area contributed by atoms with Gasteiger partial charge in [-0.25, -0.2) is 0 Å². The van der Waals surface area contributed by atoms with Crippen molar-refractivity contribution in [3.8, 4) is 0 Å². The number of alkyl halides is 5. The molecule has 0 aliphatic rings. The largest absolute Gasteiger partial charge is 0.457 e. The molecule has 5 heteroatoms. The predicted molar refractivity (Wildman–Crippen MR) is 64.9 cm³/mol. The van der Waals surface area contributed by atoms with E-state index in [-0.39, 0.29) is 0 Å². The van der Waals surface area contributed by atoms with Crippen LogP contribution in [0.4, 0.5) is 22.0 Å². The lowest BCUT2D eigenvalue weighted by Gasteiger charge is -2.31. The van der Waals surface area contributed by atoms with E-state index in [1.54, 1.807) is 18.2 Å². The first-order valence-electron chi connectivity index (χ1n) is 5.68. The van der Waals surface area contributed by atoms with Gasteiger partial charge in [0.15, 0.2) is 0 Å². The van der Waals surface area contributed by atoms with E-state index in [4.69, 9.17) is 0 Å². The monoisotopic (exact) mass is 278 g/mol. The minimum Gasteiger partial charge on any atom is -0.191 e. The first-order chi connectivity index (χ1) is 8.46. The van der Waals surface area contributed by atoms with E-state index in [9.17, 15) is 22.0 Å². The van der Waals surface area contributed by atoms with Crippen molar-refractivity contribution >= 4 is 6.08 Å². The standard InChI is InChI=1S/C14H15F5/c1-12(2,3)11(13(15,16)14(17,18)19)9-10-7-5-4-6-8-10/h4-9H,1-3H3/b11-9+. The highest BCUT2D eigenvalue weighted by Gasteiger charge is 2.61. The molecule has 0 unspecified atom stereocenters. The molecule has 0 heterocycles. The van der Waals surface area contributed by atoms with Gasteiger partial charge >= 0.3 is 12.1 Å². The number of allylic oxidation sites excluding steroid dienone is 1. The summed E-state index contributed by atoms with van der Waals surface area (Å²) < 4.78 is 64.7. The molecule has 0 amide bonds. The fourth-order valence-electron chi connectivity index (χ4n) is 1.65. The predicted octanol–water partition coefficient (Wildman–Crippen LogP) is 5.31. The maximum atomic E-state index is 13.6. The van der Waals surface area contributed by atoms with Crippen molar-refractivity contribution in [2.45, 2.75) is 32.9 Å². The second-order valence-electron chi connectivity index (χ2n) is 5.29. The maximum absolute atomic E-state index is 13.6. The molecule has 0 bridgehead atoms. The fourth-order valence-corrected chi connectivity index (χ4v) is 1.65. The summed E-state index contributed by atoms with van der Waals surface area (Å²) in [5.74, 6) is -4.85. The smallest absolute Gasteiger partial charge is 0.191 e. The maximum Gasteiger partial charge on any atom is 0.457 e. The summed E-state index contributed by atoms with van der Waals surface area (Å²) >= 11 is 0. The van der Waals surface area contributed by atoms with Crippen molar-refractivity contribution in [1.29, 1.82) is 0 Å². The minimum atomic E-state index is -5.60. The Labute approximate surface area is 108 Å². The van der Waals surface area contributed by atoms with Gasteiger partial charge in [-0.2, -0.15) is 22.0 Å². The molecule has 1 rings (SSSR count). The molecule has 0 aromatic heterocycles. The van der Waals surface area contributed by atoms with E-state index >= 15 is 0 Å². The first kappa shape index (κ1) is 15.7. The molecule has 0 N–H and O–H groups in total. The van der Waals surface area contributed by atoms with Gasteiger partial charge in [0.05, 0.1) is 0 Å². The molecular formula is C14H15F5. The average Bonchev–Trinajstić information content (AvgIpc) is 2.24. The molecule has 0 spiro atoms. The third-order valence-electron chi connectivity index (χ3n) is 2.61. The van der Waals surface area contributed by atoms with Crippen LogP contribution in [0.1, 0.15) is 26.3 Å². The number of benzene rings is 1. The molecule has 0 saturated carbocycles. The van der Waals surface area contributed by atoms with Crippen LogP contribution in [0.25, 0.3) is 6.08 Å². The Balaban J connectivity index is 3.37. The Morgan fingerprint density at radius 1 is 0.895 bits per heavy atom. The SMILES string of the molecule is CC(C)(C)/C(=C\c1ccccc1)C(F)(F)C(F)(F)F. The van der Waals surface area contributed by atoms with E-state index in [0.29, 0.717) is 5.56 Å². The topological polar surface area (TPSA) is 0 Å². The lowest BCUT2D eigenvalue weighted by Crippen LogP contribution is -2.42. The van der Waals surface area contributed by atoms with Crippen LogP contribution in [0.2, 0.25) is 0 Å². The quantitative estimate of drug-likeness (QED) is 0.643. The lowest BCUT2D eigenvalue weighted by molar-refractivity contribution is -0.268. The Morgan fingerprint density at radius 3 is 1.74 bits per heavy atom. The summed E-state index contributed by atoms with van der Waals surface area (Å²) in [4.78, 5) is 0. The highest BCUT2D eigenvalue weighted by molar-refractivity contribution is 5.56. The molecule has 0 saturated heterocycles. The molecular weight excluding hydrogens is 263 g/mol. The van der Waals surface area contributed by atoms with Gasteiger partial charge in [0, 0.05) is 5.57 Å². The second-order valence-corrected chi connectivity index (χ2v) is 5.29. The first-order valence-corrected chi connectivity index (χ1v) is 5.68. The molecule has 0 radical (unpaired) electrons. The molecule has 0 nitrogen and oxygen atoms in total. The van der Waals surface area contributed by atoms with E-state index < -0.39 is 23.1 Å². The van der Waals surface area contributed by atoms with Crippen LogP contribution in [-0.2, 0) is 0 Å². The van der Waals surface area contributed by atoms with Gasteiger partial charge in [-0.15, -0.1) is 0 Å². The zero-order chi connectivity index (χ0) is 14.9.